The van der Waals surface area contributed by atoms with Gasteiger partial charge in [0.05, 0.1) is 13.0 Å². The summed E-state index contributed by atoms with van der Waals surface area (Å²) in [6.07, 6.45) is -0.141. The molecular weight excluding hydrogens is 318 g/mol. The number of guanidine groups is 1. The number of ether oxygens (including phenoxy) is 1. The molecule has 1 aromatic rings. The summed E-state index contributed by atoms with van der Waals surface area (Å²) >= 11 is 0. The van der Waals surface area contributed by atoms with Gasteiger partial charge in [0.25, 0.3) is 5.91 Å². The summed E-state index contributed by atoms with van der Waals surface area (Å²) in [7, 11) is 0. The van der Waals surface area contributed by atoms with Crippen LogP contribution in [0.15, 0.2) is 24.3 Å². The molecule has 0 fully saturated rings. The first-order valence-corrected chi connectivity index (χ1v) is 6.81. The van der Waals surface area contributed by atoms with Crippen molar-refractivity contribution in [3.8, 4) is 0 Å². The zero-order valence-corrected chi connectivity index (χ0v) is 12.6. The summed E-state index contributed by atoms with van der Waals surface area (Å²) in [6, 6.07) is 6.14. The fourth-order valence-electron chi connectivity index (χ4n) is 1.61. The Labute approximate surface area is 137 Å². The molecule has 0 bridgehead atoms. The molecule has 10 heteroatoms. The van der Waals surface area contributed by atoms with E-state index >= 15 is 0 Å². The molecule has 10 nitrogen and oxygen atoms in total. The molecule has 0 atom stereocenters. The van der Waals surface area contributed by atoms with Crippen LogP contribution < -0.4 is 21.7 Å². The van der Waals surface area contributed by atoms with E-state index in [0.29, 0.717) is 5.69 Å². The minimum Gasteiger partial charge on any atom is -0.395 e. The Morgan fingerprint density at radius 2 is 2.00 bits per heavy atom. The third kappa shape index (κ3) is 7.02. The van der Waals surface area contributed by atoms with Crippen LogP contribution >= 0.6 is 0 Å². The lowest BCUT2D eigenvalue weighted by molar-refractivity contribution is -0.151. The summed E-state index contributed by atoms with van der Waals surface area (Å²) in [6.45, 7) is -0.146. The molecule has 128 valence electrons. The van der Waals surface area contributed by atoms with Crippen molar-refractivity contribution < 1.29 is 23.9 Å². The van der Waals surface area contributed by atoms with Gasteiger partial charge in [-0.05, 0) is 18.2 Å². The summed E-state index contributed by atoms with van der Waals surface area (Å²) in [4.78, 5) is 44.5. The molecule has 0 saturated heterocycles. The average Bonchev–Trinajstić information content (AvgIpc) is 2.53. The van der Waals surface area contributed by atoms with Crippen molar-refractivity contribution in [2.45, 2.75) is 6.42 Å². The van der Waals surface area contributed by atoms with Crippen LogP contribution in [0.3, 0.4) is 0 Å². The van der Waals surface area contributed by atoms with Gasteiger partial charge in [-0.2, -0.15) is 0 Å². The molecule has 2 amide bonds. The van der Waals surface area contributed by atoms with Gasteiger partial charge in [-0.1, -0.05) is 6.07 Å². The number of anilines is 1. The molecule has 24 heavy (non-hydrogen) atoms. The van der Waals surface area contributed by atoms with Gasteiger partial charge in [0.1, 0.15) is 0 Å². The minimum absolute atomic E-state index is 0.00459. The van der Waals surface area contributed by atoms with Crippen molar-refractivity contribution in [3.63, 3.8) is 0 Å². The molecule has 0 saturated carbocycles. The molecule has 1 aromatic carbocycles. The van der Waals surface area contributed by atoms with E-state index in [2.05, 4.69) is 20.7 Å². The molecule has 0 aliphatic carbocycles. The van der Waals surface area contributed by atoms with Crippen LogP contribution in [0.1, 0.15) is 16.8 Å². The van der Waals surface area contributed by atoms with Gasteiger partial charge in [0, 0.05) is 17.8 Å². The molecule has 0 heterocycles. The van der Waals surface area contributed by atoms with Gasteiger partial charge in [-0.15, -0.1) is 0 Å². The highest BCUT2D eigenvalue weighted by Gasteiger charge is 2.09. The molecule has 6 N–H and O–H groups in total. The monoisotopic (exact) mass is 335 g/mol. The number of nitrogens with two attached hydrogens (primary N) is 1. The third-order valence-corrected chi connectivity index (χ3v) is 2.64. The highest BCUT2D eigenvalue weighted by atomic mass is 16.6. The lowest BCUT2D eigenvalue weighted by Crippen LogP contribution is -2.36. The SMILES string of the molecule is N=C(N)NCC(=O)Nc1cccc(C(=O)NCCC(=O)OC=O)c1. The van der Waals surface area contributed by atoms with Crippen LogP contribution in [-0.2, 0) is 19.1 Å². The maximum Gasteiger partial charge on any atom is 0.315 e. The first kappa shape index (κ1) is 18.6. The van der Waals surface area contributed by atoms with Gasteiger partial charge in [-0.3, -0.25) is 24.6 Å². The molecule has 0 spiro atoms. The Kier molecular flexibility index (Phi) is 7.42. The number of benzene rings is 1. The highest BCUT2D eigenvalue weighted by Crippen LogP contribution is 2.10. The van der Waals surface area contributed by atoms with E-state index in [1.807, 2.05) is 0 Å². The number of esters is 1. The van der Waals surface area contributed by atoms with E-state index in [1.54, 1.807) is 12.1 Å². The summed E-state index contributed by atoms with van der Waals surface area (Å²) in [5.41, 5.74) is 5.73. The molecule has 0 aromatic heterocycles. The van der Waals surface area contributed by atoms with Crippen LogP contribution in [0.2, 0.25) is 0 Å². The zero-order chi connectivity index (χ0) is 17.9. The van der Waals surface area contributed by atoms with Crippen molar-refractivity contribution >= 4 is 35.9 Å². The van der Waals surface area contributed by atoms with E-state index in [0.717, 1.165) is 0 Å². The molecular formula is C14H17N5O5. The normalized spacial score (nSPS) is 9.50. The minimum atomic E-state index is -0.746. The Hall–Kier alpha value is -3.43. The Balaban J connectivity index is 2.53. The van der Waals surface area contributed by atoms with Crippen molar-refractivity contribution in [2.75, 3.05) is 18.4 Å². The number of nitrogens with one attached hydrogen (secondary N) is 4. The van der Waals surface area contributed by atoms with Crippen LogP contribution in [-0.4, -0.2) is 43.3 Å². The van der Waals surface area contributed by atoms with E-state index in [4.69, 9.17) is 11.1 Å². The zero-order valence-electron chi connectivity index (χ0n) is 12.6. The van der Waals surface area contributed by atoms with Crippen LogP contribution in [0.5, 0.6) is 0 Å². The first-order valence-electron chi connectivity index (χ1n) is 6.81. The second kappa shape index (κ2) is 9.56. The van der Waals surface area contributed by atoms with Gasteiger partial charge < -0.3 is 26.4 Å². The van der Waals surface area contributed by atoms with E-state index in [1.165, 1.54) is 12.1 Å². The van der Waals surface area contributed by atoms with Gasteiger partial charge >= 0.3 is 12.4 Å². The maximum absolute atomic E-state index is 11.9. The van der Waals surface area contributed by atoms with E-state index in [-0.39, 0.29) is 37.5 Å². The van der Waals surface area contributed by atoms with Gasteiger partial charge in [0.15, 0.2) is 5.96 Å². The van der Waals surface area contributed by atoms with Crippen molar-refractivity contribution in [2.24, 2.45) is 5.73 Å². The largest absolute Gasteiger partial charge is 0.395 e. The van der Waals surface area contributed by atoms with E-state index < -0.39 is 17.8 Å². The fourth-order valence-corrected chi connectivity index (χ4v) is 1.61. The molecule has 1 rings (SSSR count). The topological polar surface area (TPSA) is 163 Å². The smallest absolute Gasteiger partial charge is 0.315 e. The number of rotatable bonds is 8. The summed E-state index contributed by atoms with van der Waals surface area (Å²) in [5, 5.41) is 14.3. The third-order valence-electron chi connectivity index (χ3n) is 2.64. The molecule has 0 unspecified atom stereocenters. The summed E-state index contributed by atoms with van der Waals surface area (Å²) < 4.78 is 4.08. The number of carbonyl (C=O) groups excluding carboxylic acids is 4. The maximum atomic E-state index is 11.9. The predicted molar refractivity (Wildman–Crippen MR) is 84.1 cm³/mol. The van der Waals surface area contributed by atoms with Crippen molar-refractivity contribution in [1.82, 2.24) is 10.6 Å². The highest BCUT2D eigenvalue weighted by molar-refractivity contribution is 5.98. The lowest BCUT2D eigenvalue weighted by atomic mass is 10.2. The number of amides is 2. The second-order valence-corrected chi connectivity index (χ2v) is 4.49. The molecule has 0 aliphatic heterocycles. The molecule has 0 radical (unpaired) electrons. The number of hydrogen-bond donors (Lipinski definition) is 5. The Bertz CT molecular complexity index is 646. The quantitative estimate of drug-likeness (QED) is 0.133. The summed E-state index contributed by atoms with van der Waals surface area (Å²) in [5.74, 6) is -1.96. The first-order chi connectivity index (χ1) is 11.4. The Morgan fingerprint density at radius 1 is 1.25 bits per heavy atom. The molecule has 0 aliphatic rings. The predicted octanol–water partition coefficient (Wildman–Crippen LogP) is -1.07. The van der Waals surface area contributed by atoms with Crippen LogP contribution in [0.25, 0.3) is 0 Å². The van der Waals surface area contributed by atoms with Crippen molar-refractivity contribution in [3.05, 3.63) is 29.8 Å². The standard InChI is InChI=1S/C14H17N5O5/c15-14(16)18-7-11(21)19-10-3-1-2-9(6-10)13(23)17-5-4-12(22)24-8-20/h1-3,6,8H,4-5,7H2,(H,17,23)(H,19,21)(H4,15,16,18). The van der Waals surface area contributed by atoms with Crippen LogP contribution in [0, 0.1) is 5.41 Å². The van der Waals surface area contributed by atoms with Crippen molar-refractivity contribution in [1.29, 1.82) is 5.41 Å². The second-order valence-electron chi connectivity index (χ2n) is 4.49. The number of carbonyl (C=O) groups is 4. The van der Waals surface area contributed by atoms with Gasteiger partial charge in [0.2, 0.25) is 5.91 Å². The fraction of sp³-hybridized carbons (Fsp3) is 0.214. The average molecular weight is 335 g/mol. The van der Waals surface area contributed by atoms with Crippen LogP contribution in [0.4, 0.5) is 5.69 Å². The van der Waals surface area contributed by atoms with E-state index in [9.17, 15) is 19.2 Å². The Morgan fingerprint density at radius 3 is 2.67 bits per heavy atom. The van der Waals surface area contributed by atoms with Gasteiger partial charge in [-0.25, -0.2) is 0 Å². The lowest BCUT2D eigenvalue weighted by Gasteiger charge is -2.08. The number of hydrogen-bond acceptors (Lipinski definition) is 6.